The number of hydrogen-bond acceptors (Lipinski definition) is 4. The Morgan fingerprint density at radius 1 is 1.00 bits per heavy atom. The lowest BCUT2D eigenvalue weighted by Crippen LogP contribution is -2.42. The van der Waals surface area contributed by atoms with Gasteiger partial charge in [-0.3, -0.25) is 9.59 Å². The molecule has 1 saturated carbocycles. The molecule has 2 amide bonds. The third-order valence-corrected chi connectivity index (χ3v) is 5.83. The van der Waals surface area contributed by atoms with E-state index in [9.17, 15) is 19.5 Å². The number of carboxylic acids is 1. The van der Waals surface area contributed by atoms with Gasteiger partial charge in [-0.15, -0.1) is 0 Å². The zero-order chi connectivity index (χ0) is 19.4. The largest absolute Gasteiger partial charge is 0.550 e. The number of carboxylic acid groups (broad SMARTS) is 1. The number of nitrogens with zero attached hydrogens (tertiary/aromatic N) is 1. The van der Waals surface area contributed by atoms with Crippen LogP contribution < -0.4 is 10.4 Å². The Hall–Kier alpha value is -2.08. The number of benzene rings is 1. The van der Waals surface area contributed by atoms with E-state index in [0.717, 1.165) is 45.2 Å². The first-order chi connectivity index (χ1) is 13.0. The molecule has 2 atom stereocenters. The number of amides is 2. The van der Waals surface area contributed by atoms with E-state index >= 15 is 0 Å². The van der Waals surface area contributed by atoms with E-state index in [2.05, 4.69) is 5.32 Å². The molecule has 1 aliphatic carbocycles. The molecule has 2 aliphatic rings. The standard InChI is InChI=1S/C20H25ClN2O4/c21-17-12-13(8-9-16(17)19(25)23-10-4-1-5-11-23)22-18(24)14-6-2-3-7-15(14)20(26)27/h8-9,12,14-15H,1-7,10-11H2,(H,22,24)(H,26,27)/p-1/t14-,15-/m1/s1. The molecule has 6 nitrogen and oxygen atoms in total. The fraction of sp³-hybridized carbons (Fsp3) is 0.550. The Bertz CT molecular complexity index is 731. The third-order valence-electron chi connectivity index (χ3n) is 5.52. The molecule has 1 N–H and O–H groups in total. The summed E-state index contributed by atoms with van der Waals surface area (Å²) in [4.78, 5) is 38.2. The SMILES string of the molecule is O=C([O-])[C@@H]1CCCC[C@H]1C(=O)Nc1ccc(C(=O)N2CCCCC2)c(Cl)c1. The Labute approximate surface area is 163 Å². The number of carbonyl (C=O) groups is 3. The van der Waals surface area contributed by atoms with Crippen molar-refractivity contribution in [3.63, 3.8) is 0 Å². The Morgan fingerprint density at radius 2 is 1.67 bits per heavy atom. The van der Waals surface area contributed by atoms with Crippen molar-refractivity contribution < 1.29 is 19.5 Å². The highest BCUT2D eigenvalue weighted by Gasteiger charge is 2.32. The summed E-state index contributed by atoms with van der Waals surface area (Å²) in [5, 5.41) is 14.3. The number of hydrogen-bond donors (Lipinski definition) is 1. The van der Waals surface area contributed by atoms with Crippen LogP contribution >= 0.6 is 11.6 Å². The summed E-state index contributed by atoms with van der Waals surface area (Å²) in [6, 6.07) is 4.80. The van der Waals surface area contributed by atoms with Crippen molar-refractivity contribution >= 4 is 35.1 Å². The molecule has 27 heavy (non-hydrogen) atoms. The topological polar surface area (TPSA) is 89.5 Å². The van der Waals surface area contributed by atoms with Gasteiger partial charge in [0, 0.05) is 36.6 Å². The van der Waals surface area contributed by atoms with Gasteiger partial charge in [0.1, 0.15) is 0 Å². The van der Waals surface area contributed by atoms with Gasteiger partial charge in [0.25, 0.3) is 5.91 Å². The number of halogens is 1. The second-order valence-corrected chi connectivity index (χ2v) is 7.76. The minimum absolute atomic E-state index is 0.0955. The predicted molar refractivity (Wildman–Crippen MR) is 100 cm³/mol. The Kier molecular flexibility index (Phi) is 6.37. The highest BCUT2D eigenvalue weighted by molar-refractivity contribution is 6.34. The molecule has 1 aliphatic heterocycles. The minimum Gasteiger partial charge on any atom is -0.550 e. The van der Waals surface area contributed by atoms with E-state index in [-0.39, 0.29) is 16.8 Å². The maximum Gasteiger partial charge on any atom is 0.255 e. The molecule has 7 heteroatoms. The van der Waals surface area contributed by atoms with Gasteiger partial charge >= 0.3 is 0 Å². The molecule has 0 spiro atoms. The Morgan fingerprint density at radius 3 is 2.30 bits per heavy atom. The number of anilines is 1. The van der Waals surface area contributed by atoms with E-state index in [1.54, 1.807) is 23.1 Å². The predicted octanol–water partition coefficient (Wildman–Crippen LogP) is 2.46. The van der Waals surface area contributed by atoms with Crippen LogP contribution in [0, 0.1) is 11.8 Å². The maximum atomic E-state index is 12.6. The summed E-state index contributed by atoms with van der Waals surface area (Å²) >= 11 is 6.29. The summed E-state index contributed by atoms with van der Waals surface area (Å²) in [5.74, 6) is -2.96. The van der Waals surface area contributed by atoms with Gasteiger partial charge in [0.15, 0.2) is 0 Å². The molecule has 1 aromatic carbocycles. The first-order valence-corrected chi connectivity index (χ1v) is 9.95. The van der Waals surface area contributed by atoms with Crippen LogP contribution in [0.15, 0.2) is 18.2 Å². The van der Waals surface area contributed by atoms with Crippen LogP contribution in [0.4, 0.5) is 5.69 Å². The van der Waals surface area contributed by atoms with Crippen LogP contribution in [-0.2, 0) is 9.59 Å². The number of carbonyl (C=O) groups excluding carboxylic acids is 3. The number of aliphatic carboxylic acids is 1. The summed E-state index contributed by atoms with van der Waals surface area (Å²) < 4.78 is 0. The summed E-state index contributed by atoms with van der Waals surface area (Å²) in [6.45, 7) is 1.47. The highest BCUT2D eigenvalue weighted by atomic mass is 35.5. The van der Waals surface area contributed by atoms with Crippen LogP contribution in [0.5, 0.6) is 0 Å². The molecule has 2 fully saturated rings. The van der Waals surface area contributed by atoms with E-state index < -0.39 is 17.8 Å². The maximum absolute atomic E-state index is 12.6. The number of likely N-dealkylation sites (tertiary alicyclic amines) is 1. The second-order valence-electron chi connectivity index (χ2n) is 7.35. The molecule has 0 unspecified atom stereocenters. The second kappa shape index (κ2) is 8.74. The van der Waals surface area contributed by atoms with Crippen LogP contribution in [-0.4, -0.2) is 35.8 Å². The molecule has 1 saturated heterocycles. The van der Waals surface area contributed by atoms with Crippen LogP contribution in [0.2, 0.25) is 5.02 Å². The molecule has 3 rings (SSSR count). The number of piperidine rings is 1. The average Bonchev–Trinajstić information content (AvgIpc) is 2.68. The van der Waals surface area contributed by atoms with Crippen LogP contribution in [0.25, 0.3) is 0 Å². The van der Waals surface area contributed by atoms with Gasteiger partial charge < -0.3 is 20.1 Å². The quantitative estimate of drug-likeness (QED) is 0.853. The van der Waals surface area contributed by atoms with Crippen LogP contribution in [0.3, 0.4) is 0 Å². The first-order valence-electron chi connectivity index (χ1n) is 9.58. The molecule has 1 heterocycles. The van der Waals surface area contributed by atoms with Crippen molar-refractivity contribution in [2.75, 3.05) is 18.4 Å². The van der Waals surface area contributed by atoms with Gasteiger partial charge in [-0.25, -0.2) is 0 Å². The minimum atomic E-state index is -1.17. The fourth-order valence-electron chi connectivity index (χ4n) is 4.00. The molecule has 0 aromatic heterocycles. The lowest BCUT2D eigenvalue weighted by atomic mass is 9.78. The van der Waals surface area contributed by atoms with Crippen molar-refractivity contribution in [2.45, 2.75) is 44.9 Å². The van der Waals surface area contributed by atoms with Gasteiger partial charge in [0.2, 0.25) is 5.91 Å². The molecular formula is C20H24ClN2O4-. The van der Waals surface area contributed by atoms with E-state index in [0.29, 0.717) is 24.1 Å². The Balaban J connectivity index is 1.69. The van der Waals surface area contributed by atoms with Crippen molar-refractivity contribution in [3.8, 4) is 0 Å². The summed E-state index contributed by atoms with van der Waals surface area (Å²) in [5.41, 5.74) is 0.879. The van der Waals surface area contributed by atoms with Gasteiger partial charge in [-0.1, -0.05) is 24.4 Å². The van der Waals surface area contributed by atoms with Crippen molar-refractivity contribution in [1.82, 2.24) is 4.90 Å². The van der Waals surface area contributed by atoms with E-state index in [4.69, 9.17) is 11.6 Å². The van der Waals surface area contributed by atoms with Gasteiger partial charge in [0.05, 0.1) is 10.6 Å². The zero-order valence-corrected chi connectivity index (χ0v) is 16.0. The lowest BCUT2D eigenvalue weighted by molar-refractivity contribution is -0.313. The van der Waals surface area contributed by atoms with Gasteiger partial charge in [-0.05, 0) is 50.3 Å². The monoisotopic (exact) mass is 391 g/mol. The number of nitrogens with one attached hydrogen (secondary N) is 1. The molecule has 0 radical (unpaired) electrons. The summed E-state index contributed by atoms with van der Waals surface area (Å²) in [7, 11) is 0. The van der Waals surface area contributed by atoms with Crippen molar-refractivity contribution in [1.29, 1.82) is 0 Å². The third kappa shape index (κ3) is 4.61. The van der Waals surface area contributed by atoms with Crippen molar-refractivity contribution in [3.05, 3.63) is 28.8 Å². The van der Waals surface area contributed by atoms with Crippen LogP contribution in [0.1, 0.15) is 55.3 Å². The molecule has 1 aromatic rings. The fourth-order valence-corrected chi connectivity index (χ4v) is 4.26. The molecule has 146 valence electrons. The summed E-state index contributed by atoms with van der Waals surface area (Å²) in [6.07, 6.45) is 5.75. The lowest BCUT2D eigenvalue weighted by Gasteiger charge is -2.31. The van der Waals surface area contributed by atoms with E-state index in [1.165, 1.54) is 0 Å². The van der Waals surface area contributed by atoms with Gasteiger partial charge in [-0.2, -0.15) is 0 Å². The smallest absolute Gasteiger partial charge is 0.255 e. The average molecular weight is 392 g/mol. The molecule has 0 bridgehead atoms. The highest BCUT2D eigenvalue weighted by Crippen LogP contribution is 2.31. The normalized spacial score (nSPS) is 22.9. The molecular weight excluding hydrogens is 368 g/mol. The van der Waals surface area contributed by atoms with E-state index in [1.807, 2.05) is 0 Å². The van der Waals surface area contributed by atoms with Crippen molar-refractivity contribution in [2.24, 2.45) is 11.8 Å². The zero-order valence-electron chi connectivity index (χ0n) is 15.2. The number of rotatable bonds is 4. The first kappa shape index (κ1) is 19.7.